The normalized spacial score (nSPS) is 17.6. The molecule has 16 heavy (non-hydrogen) atoms. The Kier molecular flexibility index (Phi) is 11.0. The highest BCUT2D eigenvalue weighted by Gasteiger charge is 2.13. The van der Waals surface area contributed by atoms with Gasteiger partial charge in [0.25, 0.3) is 0 Å². The van der Waals surface area contributed by atoms with Crippen LogP contribution in [0.1, 0.15) is 79.1 Å². The van der Waals surface area contributed by atoms with Crippen molar-refractivity contribution < 1.29 is 0 Å². The Morgan fingerprint density at radius 3 is 1.81 bits per heavy atom. The molecule has 0 bridgehead atoms. The van der Waals surface area contributed by atoms with Crippen molar-refractivity contribution in [3.8, 4) is 0 Å². The van der Waals surface area contributed by atoms with Crippen molar-refractivity contribution in [2.45, 2.75) is 79.1 Å². The molecule has 0 aromatic rings. The van der Waals surface area contributed by atoms with Gasteiger partial charge in [-0.05, 0) is 31.1 Å². The Hall–Kier alpha value is -0.260. The fourth-order valence-corrected chi connectivity index (χ4v) is 2.42. The van der Waals surface area contributed by atoms with Crippen LogP contribution in [0, 0.1) is 11.8 Å². The quantitative estimate of drug-likeness (QED) is 0.516. The van der Waals surface area contributed by atoms with Crippen LogP contribution >= 0.6 is 0 Å². The summed E-state index contributed by atoms with van der Waals surface area (Å²) in [6, 6.07) is 0. The lowest BCUT2D eigenvalue weighted by Gasteiger charge is -2.22. The van der Waals surface area contributed by atoms with E-state index >= 15 is 0 Å². The molecule has 1 fully saturated rings. The van der Waals surface area contributed by atoms with Gasteiger partial charge in [0.2, 0.25) is 0 Å². The number of hydrogen-bond acceptors (Lipinski definition) is 0. The van der Waals surface area contributed by atoms with Gasteiger partial charge < -0.3 is 0 Å². The highest BCUT2D eigenvalue weighted by molar-refractivity contribution is 4.77. The fourth-order valence-electron chi connectivity index (χ4n) is 2.42. The molecule has 1 aliphatic rings. The van der Waals surface area contributed by atoms with Crippen LogP contribution in [0.25, 0.3) is 0 Å². The minimum absolute atomic E-state index is 0.920. The molecule has 0 atom stereocenters. The predicted molar refractivity (Wildman–Crippen MR) is 75.8 cm³/mol. The van der Waals surface area contributed by atoms with Crippen molar-refractivity contribution in [3.05, 3.63) is 12.2 Å². The van der Waals surface area contributed by atoms with Crippen LogP contribution < -0.4 is 0 Å². The molecule has 0 aromatic carbocycles. The average molecular weight is 224 g/mol. The second kappa shape index (κ2) is 11.2. The van der Waals surface area contributed by atoms with Crippen LogP contribution in [-0.2, 0) is 0 Å². The van der Waals surface area contributed by atoms with Gasteiger partial charge in [-0.25, -0.2) is 0 Å². The van der Waals surface area contributed by atoms with E-state index in [2.05, 4.69) is 39.8 Å². The molecule has 0 spiro atoms. The standard InChI is InChI=1S/C10H20.C6H12/c1-9(2)8-10-6-4-3-5-7-10;1-3-5-6-4-2/h9-10H,3-8H2,1-2H3;5-6H,3-4H2,1-2H3/b;6-5-. The number of hydrogen-bond donors (Lipinski definition) is 0. The van der Waals surface area contributed by atoms with Crippen molar-refractivity contribution in [3.63, 3.8) is 0 Å². The van der Waals surface area contributed by atoms with E-state index in [1.165, 1.54) is 51.4 Å². The van der Waals surface area contributed by atoms with Crippen LogP contribution in [0.15, 0.2) is 12.2 Å². The third-order valence-corrected chi connectivity index (χ3v) is 3.17. The van der Waals surface area contributed by atoms with E-state index < -0.39 is 0 Å². The molecule has 0 amide bonds. The van der Waals surface area contributed by atoms with Crippen molar-refractivity contribution in [2.24, 2.45) is 11.8 Å². The van der Waals surface area contributed by atoms with E-state index in [1.54, 1.807) is 0 Å². The second-order valence-electron chi connectivity index (χ2n) is 5.42. The van der Waals surface area contributed by atoms with Gasteiger partial charge in [0.15, 0.2) is 0 Å². The van der Waals surface area contributed by atoms with Gasteiger partial charge in [-0.15, -0.1) is 0 Å². The van der Waals surface area contributed by atoms with E-state index in [4.69, 9.17) is 0 Å². The molecule has 0 unspecified atom stereocenters. The van der Waals surface area contributed by atoms with E-state index in [0.29, 0.717) is 0 Å². The van der Waals surface area contributed by atoms with E-state index in [0.717, 1.165) is 11.8 Å². The van der Waals surface area contributed by atoms with E-state index in [1.807, 2.05) is 0 Å². The average Bonchev–Trinajstić information content (AvgIpc) is 2.28. The number of allylic oxidation sites excluding steroid dienone is 2. The molecular weight excluding hydrogens is 192 g/mol. The summed E-state index contributed by atoms with van der Waals surface area (Å²) < 4.78 is 0. The summed E-state index contributed by atoms with van der Waals surface area (Å²) >= 11 is 0. The molecule has 1 saturated carbocycles. The first kappa shape index (κ1) is 15.7. The van der Waals surface area contributed by atoms with Gasteiger partial charge in [-0.2, -0.15) is 0 Å². The van der Waals surface area contributed by atoms with Crippen molar-refractivity contribution in [1.82, 2.24) is 0 Å². The van der Waals surface area contributed by atoms with Crippen LogP contribution in [0.2, 0.25) is 0 Å². The van der Waals surface area contributed by atoms with Crippen LogP contribution in [0.3, 0.4) is 0 Å². The molecule has 1 aliphatic carbocycles. The maximum Gasteiger partial charge on any atom is -0.0379 e. The fraction of sp³-hybridized carbons (Fsp3) is 0.875. The van der Waals surface area contributed by atoms with Crippen LogP contribution in [-0.4, -0.2) is 0 Å². The SMILES string of the molecule is CC(C)CC1CCCCC1.CC/C=C\CC. The summed E-state index contributed by atoms with van der Waals surface area (Å²) in [5.41, 5.74) is 0. The van der Waals surface area contributed by atoms with Gasteiger partial charge in [-0.3, -0.25) is 0 Å². The maximum atomic E-state index is 2.34. The lowest BCUT2D eigenvalue weighted by molar-refractivity contribution is 0.305. The lowest BCUT2D eigenvalue weighted by atomic mass is 9.84. The van der Waals surface area contributed by atoms with Crippen LogP contribution in [0.4, 0.5) is 0 Å². The minimum atomic E-state index is 0.920. The lowest BCUT2D eigenvalue weighted by Crippen LogP contribution is -2.08. The monoisotopic (exact) mass is 224 g/mol. The highest BCUT2D eigenvalue weighted by Crippen LogP contribution is 2.28. The Bertz CT molecular complexity index is 143. The first-order chi connectivity index (χ1) is 7.70. The molecule has 96 valence electrons. The first-order valence-corrected chi connectivity index (χ1v) is 7.35. The molecule has 0 aliphatic heterocycles. The predicted octanol–water partition coefficient (Wildman–Crippen LogP) is 5.98. The first-order valence-electron chi connectivity index (χ1n) is 7.35. The van der Waals surface area contributed by atoms with Gasteiger partial charge in [0.1, 0.15) is 0 Å². The topological polar surface area (TPSA) is 0 Å². The summed E-state index contributed by atoms with van der Waals surface area (Å²) in [6.07, 6.45) is 15.7. The summed E-state index contributed by atoms with van der Waals surface area (Å²) in [4.78, 5) is 0. The zero-order valence-corrected chi connectivity index (χ0v) is 12.0. The molecule has 0 aromatic heterocycles. The zero-order chi connectivity index (χ0) is 12.2. The Balaban J connectivity index is 0.000000325. The molecule has 0 heteroatoms. The van der Waals surface area contributed by atoms with E-state index in [-0.39, 0.29) is 0 Å². The third-order valence-electron chi connectivity index (χ3n) is 3.17. The summed E-state index contributed by atoms with van der Waals surface area (Å²) in [6.45, 7) is 8.97. The van der Waals surface area contributed by atoms with Gasteiger partial charge >= 0.3 is 0 Å². The molecule has 0 N–H and O–H groups in total. The van der Waals surface area contributed by atoms with Gasteiger partial charge in [-0.1, -0.05) is 72.0 Å². The van der Waals surface area contributed by atoms with Crippen molar-refractivity contribution in [1.29, 1.82) is 0 Å². The van der Waals surface area contributed by atoms with Crippen molar-refractivity contribution in [2.75, 3.05) is 0 Å². The highest BCUT2D eigenvalue weighted by atomic mass is 14.2. The zero-order valence-electron chi connectivity index (χ0n) is 12.0. The summed E-state index contributed by atoms with van der Waals surface area (Å²) in [5.74, 6) is 2.00. The third kappa shape index (κ3) is 10.3. The Labute approximate surface area is 104 Å². The molecule has 1 rings (SSSR count). The van der Waals surface area contributed by atoms with Gasteiger partial charge in [0.05, 0.1) is 0 Å². The summed E-state index contributed by atoms with van der Waals surface area (Å²) in [5, 5.41) is 0. The van der Waals surface area contributed by atoms with E-state index in [9.17, 15) is 0 Å². The Morgan fingerprint density at radius 1 is 0.938 bits per heavy atom. The largest absolute Gasteiger partial charge is 0.0888 e. The molecule has 0 heterocycles. The second-order valence-corrected chi connectivity index (χ2v) is 5.42. The van der Waals surface area contributed by atoms with Crippen molar-refractivity contribution >= 4 is 0 Å². The maximum absolute atomic E-state index is 2.34. The number of rotatable bonds is 4. The Morgan fingerprint density at radius 2 is 1.44 bits per heavy atom. The molecule has 0 radical (unpaired) electrons. The summed E-state index contributed by atoms with van der Waals surface area (Å²) in [7, 11) is 0. The smallest absolute Gasteiger partial charge is 0.0379 e. The van der Waals surface area contributed by atoms with Crippen LogP contribution in [0.5, 0.6) is 0 Å². The molecule has 0 nitrogen and oxygen atoms in total. The minimum Gasteiger partial charge on any atom is -0.0888 e. The van der Waals surface area contributed by atoms with Gasteiger partial charge in [0, 0.05) is 0 Å². The molecule has 0 saturated heterocycles. The molecular formula is C16H32.